The fourth-order valence-corrected chi connectivity index (χ4v) is 2.39. The lowest BCUT2D eigenvalue weighted by Gasteiger charge is -2.10. The van der Waals surface area contributed by atoms with Crippen LogP contribution in [-0.4, -0.2) is 19.5 Å². The molecule has 6 heteroatoms. The molecule has 0 unspecified atom stereocenters. The highest BCUT2D eigenvalue weighted by Crippen LogP contribution is 2.21. The maximum absolute atomic E-state index is 9.42. The van der Waals surface area contributed by atoms with Crippen LogP contribution in [0.1, 0.15) is 22.6 Å². The van der Waals surface area contributed by atoms with Gasteiger partial charge in [-0.1, -0.05) is 0 Å². The van der Waals surface area contributed by atoms with Crippen molar-refractivity contribution >= 4 is 11.6 Å². The average Bonchev–Trinajstić information content (AvgIpc) is 2.92. The fourth-order valence-electron chi connectivity index (χ4n) is 2.39. The lowest BCUT2D eigenvalue weighted by atomic mass is 10.1. The lowest BCUT2D eigenvalue weighted by molar-refractivity contribution is 1.05. The zero-order valence-electron chi connectivity index (χ0n) is 13.2. The zero-order valence-corrected chi connectivity index (χ0v) is 13.2. The van der Waals surface area contributed by atoms with E-state index in [1.807, 2.05) is 49.7 Å². The van der Waals surface area contributed by atoms with Gasteiger partial charge in [-0.05, 0) is 45.0 Å². The summed E-state index contributed by atoms with van der Waals surface area (Å²) in [6.07, 6.45) is 3.59. The van der Waals surface area contributed by atoms with E-state index in [1.54, 1.807) is 12.4 Å². The molecule has 0 amide bonds. The molecule has 1 N–H and O–H groups in total. The maximum atomic E-state index is 9.42. The molecule has 2 aromatic heterocycles. The van der Waals surface area contributed by atoms with Gasteiger partial charge in [-0.2, -0.15) is 5.26 Å². The van der Waals surface area contributed by atoms with Gasteiger partial charge in [0.05, 0.1) is 23.3 Å². The summed E-state index contributed by atoms with van der Waals surface area (Å²) >= 11 is 0. The summed E-state index contributed by atoms with van der Waals surface area (Å²) in [4.78, 5) is 12.9. The summed E-state index contributed by atoms with van der Waals surface area (Å²) in [5.74, 6) is 0.526. The van der Waals surface area contributed by atoms with Crippen molar-refractivity contribution in [2.45, 2.75) is 20.8 Å². The Labute approximate surface area is 134 Å². The molecular formula is C17H16N6. The Morgan fingerprint density at radius 3 is 2.39 bits per heavy atom. The Bertz CT molecular complexity index is 883. The van der Waals surface area contributed by atoms with Gasteiger partial charge in [0, 0.05) is 23.3 Å². The number of hydrogen-bond acceptors (Lipinski definition) is 5. The lowest BCUT2D eigenvalue weighted by Crippen LogP contribution is -2.01. The summed E-state index contributed by atoms with van der Waals surface area (Å²) in [6.45, 7) is 5.76. The molecule has 0 fully saturated rings. The summed E-state index contributed by atoms with van der Waals surface area (Å²) in [6, 6.07) is 9.69. The Kier molecular flexibility index (Phi) is 3.77. The summed E-state index contributed by atoms with van der Waals surface area (Å²) < 4.78 is 1.84. The molecule has 3 rings (SSSR count). The smallest absolute Gasteiger partial charge is 0.227 e. The third-order valence-corrected chi connectivity index (χ3v) is 3.35. The molecule has 6 nitrogen and oxygen atoms in total. The van der Waals surface area contributed by atoms with Crippen molar-refractivity contribution in [1.29, 1.82) is 5.26 Å². The van der Waals surface area contributed by atoms with Gasteiger partial charge in [-0.3, -0.25) is 0 Å². The van der Waals surface area contributed by atoms with E-state index in [0.29, 0.717) is 11.5 Å². The number of rotatable bonds is 3. The fraction of sp³-hybridized carbons (Fsp3) is 0.176. The van der Waals surface area contributed by atoms with Crippen LogP contribution in [0, 0.1) is 32.1 Å². The standard InChI is InChI=1S/C17H16N6/c1-11-6-12(2)21-17(20-11)22-15-4-5-16(14(7-15)8-18)23-9-13(3)19-10-23/h4-7,9-10H,1-3H3,(H,20,21,22). The Morgan fingerprint density at radius 2 is 1.78 bits per heavy atom. The van der Waals surface area contributed by atoms with Crippen molar-refractivity contribution in [2.75, 3.05) is 5.32 Å². The van der Waals surface area contributed by atoms with Crippen molar-refractivity contribution in [2.24, 2.45) is 0 Å². The van der Waals surface area contributed by atoms with Crippen molar-refractivity contribution in [3.05, 3.63) is 59.4 Å². The van der Waals surface area contributed by atoms with Gasteiger partial charge in [0.2, 0.25) is 5.95 Å². The molecule has 2 heterocycles. The average molecular weight is 304 g/mol. The van der Waals surface area contributed by atoms with Gasteiger partial charge in [0.25, 0.3) is 0 Å². The van der Waals surface area contributed by atoms with Crippen molar-refractivity contribution in [3.63, 3.8) is 0 Å². The SMILES string of the molecule is Cc1cn(-c2ccc(Nc3nc(C)cc(C)n3)cc2C#N)cn1. The first kappa shape index (κ1) is 14.7. The molecule has 0 aliphatic heterocycles. The molecule has 0 saturated heterocycles. The van der Waals surface area contributed by atoms with Crippen LogP contribution in [0.4, 0.5) is 11.6 Å². The van der Waals surface area contributed by atoms with Crippen LogP contribution < -0.4 is 5.32 Å². The first-order valence-corrected chi connectivity index (χ1v) is 7.19. The minimum atomic E-state index is 0.526. The number of anilines is 2. The van der Waals surface area contributed by atoms with Crippen LogP contribution in [0.2, 0.25) is 0 Å². The third-order valence-electron chi connectivity index (χ3n) is 3.35. The minimum Gasteiger partial charge on any atom is -0.324 e. The molecule has 0 atom stereocenters. The molecule has 114 valence electrons. The molecule has 0 spiro atoms. The van der Waals surface area contributed by atoms with Crippen LogP contribution in [0.15, 0.2) is 36.8 Å². The van der Waals surface area contributed by atoms with E-state index in [2.05, 4.69) is 26.3 Å². The van der Waals surface area contributed by atoms with E-state index in [1.165, 1.54) is 0 Å². The molecule has 23 heavy (non-hydrogen) atoms. The zero-order chi connectivity index (χ0) is 16.4. The monoisotopic (exact) mass is 304 g/mol. The van der Waals surface area contributed by atoms with Crippen molar-refractivity contribution < 1.29 is 0 Å². The Balaban J connectivity index is 1.94. The number of hydrogen-bond donors (Lipinski definition) is 1. The molecule has 0 saturated carbocycles. The van der Waals surface area contributed by atoms with E-state index in [9.17, 15) is 5.26 Å². The van der Waals surface area contributed by atoms with Crippen LogP contribution in [0.5, 0.6) is 0 Å². The highest BCUT2D eigenvalue weighted by molar-refractivity contribution is 5.62. The van der Waals surface area contributed by atoms with E-state index >= 15 is 0 Å². The first-order chi connectivity index (χ1) is 11.0. The van der Waals surface area contributed by atoms with Gasteiger partial charge in [0.15, 0.2) is 0 Å². The predicted octanol–water partition coefficient (Wildman–Crippen LogP) is 3.20. The highest BCUT2D eigenvalue weighted by Gasteiger charge is 2.08. The van der Waals surface area contributed by atoms with Gasteiger partial charge < -0.3 is 9.88 Å². The third kappa shape index (κ3) is 3.19. The second-order valence-electron chi connectivity index (χ2n) is 5.37. The van der Waals surface area contributed by atoms with Crippen LogP contribution >= 0.6 is 0 Å². The molecule has 1 aromatic carbocycles. The molecule has 0 aliphatic carbocycles. The van der Waals surface area contributed by atoms with Gasteiger partial charge in [0.1, 0.15) is 6.07 Å². The predicted molar refractivity (Wildman–Crippen MR) is 87.8 cm³/mol. The van der Waals surface area contributed by atoms with Crippen LogP contribution in [-0.2, 0) is 0 Å². The summed E-state index contributed by atoms with van der Waals surface area (Å²) in [7, 11) is 0. The number of imidazole rings is 1. The van der Waals surface area contributed by atoms with Gasteiger partial charge in [-0.15, -0.1) is 0 Å². The van der Waals surface area contributed by atoms with E-state index < -0.39 is 0 Å². The normalized spacial score (nSPS) is 10.3. The Morgan fingerprint density at radius 1 is 1.04 bits per heavy atom. The molecule has 0 aliphatic rings. The summed E-state index contributed by atoms with van der Waals surface area (Å²) in [5, 5.41) is 12.6. The topological polar surface area (TPSA) is 79.4 Å². The van der Waals surface area contributed by atoms with Crippen LogP contribution in [0.25, 0.3) is 5.69 Å². The Hall–Kier alpha value is -3.20. The quantitative estimate of drug-likeness (QED) is 0.803. The van der Waals surface area contributed by atoms with E-state index in [0.717, 1.165) is 28.5 Å². The number of nitrogens with zero attached hydrogens (tertiary/aromatic N) is 5. The number of aryl methyl sites for hydroxylation is 3. The van der Waals surface area contributed by atoms with Crippen molar-refractivity contribution in [3.8, 4) is 11.8 Å². The number of nitrogens with one attached hydrogen (secondary N) is 1. The van der Waals surface area contributed by atoms with E-state index in [4.69, 9.17) is 0 Å². The molecule has 0 radical (unpaired) electrons. The summed E-state index contributed by atoms with van der Waals surface area (Å²) in [5.41, 5.74) is 4.81. The van der Waals surface area contributed by atoms with Gasteiger partial charge >= 0.3 is 0 Å². The number of nitriles is 1. The number of benzene rings is 1. The van der Waals surface area contributed by atoms with Gasteiger partial charge in [-0.25, -0.2) is 15.0 Å². The first-order valence-electron chi connectivity index (χ1n) is 7.19. The van der Waals surface area contributed by atoms with E-state index in [-0.39, 0.29) is 0 Å². The maximum Gasteiger partial charge on any atom is 0.227 e. The van der Waals surface area contributed by atoms with Crippen molar-refractivity contribution in [1.82, 2.24) is 19.5 Å². The van der Waals surface area contributed by atoms with Crippen LogP contribution in [0.3, 0.4) is 0 Å². The molecule has 3 aromatic rings. The second-order valence-corrected chi connectivity index (χ2v) is 5.37. The number of aromatic nitrogens is 4. The second kappa shape index (κ2) is 5.89. The highest BCUT2D eigenvalue weighted by atomic mass is 15.1. The minimum absolute atomic E-state index is 0.526. The molecule has 0 bridgehead atoms. The largest absolute Gasteiger partial charge is 0.324 e. The molecular weight excluding hydrogens is 288 g/mol.